The summed E-state index contributed by atoms with van der Waals surface area (Å²) in [5.74, 6) is 0.991. The Morgan fingerprint density at radius 3 is 2.83 bits per heavy atom. The topological polar surface area (TPSA) is 42.2 Å². The van der Waals surface area contributed by atoms with Gasteiger partial charge in [-0.25, -0.2) is 4.98 Å². The SMILES string of the molecule is Cc1cc2ccccc2nc1N(C)CCC(N)=S. The summed E-state index contributed by atoms with van der Waals surface area (Å²) in [6.07, 6.45) is 0.708. The summed E-state index contributed by atoms with van der Waals surface area (Å²) >= 11 is 4.90. The molecule has 0 spiro atoms. The van der Waals surface area contributed by atoms with E-state index in [2.05, 4.69) is 24.0 Å². The van der Waals surface area contributed by atoms with E-state index in [1.807, 2.05) is 25.2 Å². The standard InChI is InChI=1S/C14H17N3S/c1-10-9-11-5-3-4-6-12(11)16-14(10)17(2)8-7-13(15)18/h3-6,9H,7-8H2,1-2H3,(H2,15,18). The van der Waals surface area contributed by atoms with E-state index < -0.39 is 0 Å². The Kier molecular flexibility index (Phi) is 3.77. The molecule has 2 rings (SSSR count). The number of aryl methyl sites for hydroxylation is 1. The van der Waals surface area contributed by atoms with Crippen LogP contribution in [0.15, 0.2) is 30.3 Å². The van der Waals surface area contributed by atoms with Gasteiger partial charge < -0.3 is 10.6 Å². The molecule has 0 fully saturated rings. The summed E-state index contributed by atoms with van der Waals surface area (Å²) in [7, 11) is 2.02. The van der Waals surface area contributed by atoms with Gasteiger partial charge in [0.1, 0.15) is 5.82 Å². The van der Waals surface area contributed by atoms with E-state index in [4.69, 9.17) is 22.9 Å². The normalized spacial score (nSPS) is 10.6. The van der Waals surface area contributed by atoms with Gasteiger partial charge in [0.2, 0.25) is 0 Å². The summed E-state index contributed by atoms with van der Waals surface area (Å²) in [6.45, 7) is 2.87. The van der Waals surface area contributed by atoms with Crippen LogP contribution >= 0.6 is 12.2 Å². The molecule has 0 amide bonds. The fourth-order valence-corrected chi connectivity index (χ4v) is 2.07. The number of benzene rings is 1. The zero-order valence-electron chi connectivity index (χ0n) is 10.7. The lowest BCUT2D eigenvalue weighted by Gasteiger charge is -2.20. The number of hydrogen-bond acceptors (Lipinski definition) is 3. The lowest BCUT2D eigenvalue weighted by molar-refractivity contribution is 0.897. The average Bonchev–Trinajstić information content (AvgIpc) is 2.35. The predicted molar refractivity (Wildman–Crippen MR) is 81.2 cm³/mol. The van der Waals surface area contributed by atoms with E-state index in [-0.39, 0.29) is 0 Å². The van der Waals surface area contributed by atoms with Gasteiger partial charge in [-0.05, 0) is 24.6 Å². The second kappa shape index (κ2) is 5.31. The summed E-state index contributed by atoms with van der Waals surface area (Å²) in [6, 6.07) is 10.3. The molecule has 0 saturated heterocycles. The third kappa shape index (κ3) is 2.76. The van der Waals surface area contributed by atoms with Gasteiger partial charge in [0.25, 0.3) is 0 Å². The molecule has 2 N–H and O–H groups in total. The fraction of sp³-hybridized carbons (Fsp3) is 0.286. The number of rotatable bonds is 4. The Labute approximate surface area is 113 Å². The zero-order chi connectivity index (χ0) is 13.1. The van der Waals surface area contributed by atoms with Crippen molar-refractivity contribution in [3.63, 3.8) is 0 Å². The van der Waals surface area contributed by atoms with Gasteiger partial charge in [-0.2, -0.15) is 0 Å². The molecule has 4 heteroatoms. The highest BCUT2D eigenvalue weighted by molar-refractivity contribution is 7.80. The molecule has 3 nitrogen and oxygen atoms in total. The average molecular weight is 259 g/mol. The van der Waals surface area contributed by atoms with E-state index in [1.54, 1.807) is 0 Å². The van der Waals surface area contributed by atoms with E-state index in [0.29, 0.717) is 11.4 Å². The number of fused-ring (bicyclic) bond motifs is 1. The van der Waals surface area contributed by atoms with Crippen LogP contribution in [-0.2, 0) is 0 Å². The van der Waals surface area contributed by atoms with Crippen LogP contribution in [0.25, 0.3) is 10.9 Å². The molecule has 0 atom stereocenters. The van der Waals surface area contributed by atoms with Crippen LogP contribution in [-0.4, -0.2) is 23.6 Å². The number of nitrogens with two attached hydrogens (primary N) is 1. The van der Waals surface area contributed by atoms with Crippen molar-refractivity contribution in [2.75, 3.05) is 18.5 Å². The van der Waals surface area contributed by atoms with Crippen LogP contribution in [0, 0.1) is 6.92 Å². The first-order valence-electron chi connectivity index (χ1n) is 5.94. The summed E-state index contributed by atoms with van der Waals surface area (Å²) < 4.78 is 0. The van der Waals surface area contributed by atoms with E-state index in [1.165, 1.54) is 10.9 Å². The Balaban J connectivity index is 2.32. The quantitative estimate of drug-likeness (QED) is 0.857. The van der Waals surface area contributed by atoms with Crippen LogP contribution in [0.3, 0.4) is 0 Å². The fourth-order valence-electron chi connectivity index (χ4n) is 1.98. The molecule has 18 heavy (non-hydrogen) atoms. The summed E-state index contributed by atoms with van der Waals surface area (Å²) in [4.78, 5) is 7.33. The maximum absolute atomic E-state index is 5.53. The van der Waals surface area contributed by atoms with Gasteiger partial charge in [0.05, 0.1) is 10.5 Å². The molecule has 0 aliphatic heterocycles. The van der Waals surface area contributed by atoms with Crippen molar-refractivity contribution in [2.45, 2.75) is 13.3 Å². The van der Waals surface area contributed by atoms with E-state index >= 15 is 0 Å². The summed E-state index contributed by atoms with van der Waals surface area (Å²) in [5, 5.41) is 1.17. The van der Waals surface area contributed by atoms with Crippen molar-refractivity contribution in [1.82, 2.24) is 4.98 Å². The number of nitrogens with zero attached hydrogens (tertiary/aromatic N) is 2. The van der Waals surface area contributed by atoms with Crippen molar-refractivity contribution in [1.29, 1.82) is 0 Å². The van der Waals surface area contributed by atoms with Crippen molar-refractivity contribution in [3.8, 4) is 0 Å². The van der Waals surface area contributed by atoms with Crippen molar-refractivity contribution in [2.24, 2.45) is 5.73 Å². The molecule has 1 heterocycles. The molecular weight excluding hydrogens is 242 g/mol. The van der Waals surface area contributed by atoms with Crippen molar-refractivity contribution < 1.29 is 0 Å². The van der Waals surface area contributed by atoms with Gasteiger partial charge in [-0.15, -0.1) is 0 Å². The van der Waals surface area contributed by atoms with Crippen LogP contribution in [0.2, 0.25) is 0 Å². The molecule has 2 aromatic rings. The third-order valence-corrected chi connectivity index (χ3v) is 3.15. The number of para-hydroxylation sites is 1. The molecule has 1 aromatic carbocycles. The second-order valence-corrected chi connectivity index (χ2v) is 4.98. The zero-order valence-corrected chi connectivity index (χ0v) is 11.5. The van der Waals surface area contributed by atoms with Crippen molar-refractivity contribution >= 4 is 33.9 Å². The van der Waals surface area contributed by atoms with Gasteiger partial charge in [-0.1, -0.05) is 30.4 Å². The lowest BCUT2D eigenvalue weighted by atomic mass is 10.1. The highest BCUT2D eigenvalue weighted by Gasteiger charge is 2.08. The number of thiocarbonyl (C=S) groups is 1. The maximum atomic E-state index is 5.53. The van der Waals surface area contributed by atoms with Gasteiger partial charge in [0, 0.05) is 25.4 Å². The highest BCUT2D eigenvalue weighted by atomic mass is 32.1. The molecule has 0 aliphatic carbocycles. The molecule has 0 radical (unpaired) electrons. The maximum Gasteiger partial charge on any atom is 0.131 e. The minimum atomic E-state index is 0.542. The largest absolute Gasteiger partial charge is 0.393 e. The molecule has 0 aliphatic rings. The molecule has 0 saturated carbocycles. The van der Waals surface area contributed by atoms with Crippen LogP contribution in [0.1, 0.15) is 12.0 Å². The molecule has 94 valence electrons. The minimum Gasteiger partial charge on any atom is -0.393 e. The first kappa shape index (κ1) is 12.8. The smallest absolute Gasteiger partial charge is 0.131 e. The number of hydrogen-bond donors (Lipinski definition) is 1. The second-order valence-electron chi connectivity index (χ2n) is 4.46. The van der Waals surface area contributed by atoms with E-state index in [9.17, 15) is 0 Å². The van der Waals surface area contributed by atoms with Gasteiger partial charge in [0.15, 0.2) is 0 Å². The summed E-state index contributed by atoms with van der Waals surface area (Å²) in [5.41, 5.74) is 7.71. The van der Waals surface area contributed by atoms with E-state index in [0.717, 1.165) is 17.9 Å². The Hall–Kier alpha value is -1.68. The lowest BCUT2D eigenvalue weighted by Crippen LogP contribution is -2.24. The Bertz CT molecular complexity index is 580. The third-order valence-electron chi connectivity index (χ3n) is 2.94. The number of anilines is 1. The molecule has 1 aromatic heterocycles. The van der Waals surface area contributed by atoms with Gasteiger partial charge in [-0.3, -0.25) is 0 Å². The van der Waals surface area contributed by atoms with Gasteiger partial charge >= 0.3 is 0 Å². The number of pyridine rings is 1. The Morgan fingerprint density at radius 1 is 1.39 bits per heavy atom. The highest BCUT2D eigenvalue weighted by Crippen LogP contribution is 2.22. The minimum absolute atomic E-state index is 0.542. The Morgan fingerprint density at radius 2 is 2.11 bits per heavy atom. The molecule has 0 bridgehead atoms. The van der Waals surface area contributed by atoms with Crippen LogP contribution in [0.5, 0.6) is 0 Å². The predicted octanol–water partition coefficient (Wildman–Crippen LogP) is 2.66. The first-order chi connectivity index (χ1) is 8.58. The molecule has 0 unspecified atom stereocenters. The first-order valence-corrected chi connectivity index (χ1v) is 6.34. The number of aromatic nitrogens is 1. The molecular formula is C14H17N3S. The van der Waals surface area contributed by atoms with Crippen LogP contribution in [0.4, 0.5) is 5.82 Å². The monoisotopic (exact) mass is 259 g/mol. The van der Waals surface area contributed by atoms with Crippen molar-refractivity contribution in [3.05, 3.63) is 35.9 Å². The van der Waals surface area contributed by atoms with Crippen LogP contribution < -0.4 is 10.6 Å².